The highest BCUT2D eigenvalue weighted by atomic mass is 19.1. The van der Waals surface area contributed by atoms with E-state index in [2.05, 4.69) is 11.9 Å². The summed E-state index contributed by atoms with van der Waals surface area (Å²) < 4.78 is 31.7. The summed E-state index contributed by atoms with van der Waals surface area (Å²) in [6.07, 6.45) is 2.73. The van der Waals surface area contributed by atoms with Crippen LogP contribution in [0.2, 0.25) is 0 Å². The van der Waals surface area contributed by atoms with Crippen LogP contribution in [0.3, 0.4) is 0 Å². The lowest BCUT2D eigenvalue weighted by Crippen LogP contribution is -2.38. The van der Waals surface area contributed by atoms with Crippen molar-refractivity contribution in [2.45, 2.75) is 31.3 Å². The van der Waals surface area contributed by atoms with Gasteiger partial charge in [-0.1, -0.05) is 0 Å². The third kappa shape index (κ3) is 4.23. The molecule has 3 nitrogen and oxygen atoms in total. The Morgan fingerprint density at radius 2 is 1.85 bits per heavy atom. The van der Waals surface area contributed by atoms with E-state index in [1.54, 1.807) is 0 Å². The molecule has 1 atom stereocenters. The summed E-state index contributed by atoms with van der Waals surface area (Å²) >= 11 is 0. The van der Waals surface area contributed by atoms with Crippen LogP contribution in [0.5, 0.6) is 0 Å². The lowest BCUT2D eigenvalue weighted by atomic mass is 10.0. The zero-order chi connectivity index (χ0) is 14.5. The average Bonchev–Trinajstić information content (AvgIpc) is 2.44. The monoisotopic (exact) mass is 284 g/mol. The number of nitrogens with zero attached hydrogens (tertiary/aromatic N) is 1. The highest BCUT2D eigenvalue weighted by Gasteiger charge is 2.19. The van der Waals surface area contributed by atoms with Gasteiger partial charge >= 0.3 is 0 Å². The van der Waals surface area contributed by atoms with Gasteiger partial charge in [0.25, 0.3) is 0 Å². The second-order valence-corrected chi connectivity index (χ2v) is 5.42. The standard InChI is InChI=1S/C15H22F2N2O/c1-19(14-3-6-20-7-4-14)5-2-15(18)11-8-12(16)10-13(17)9-11/h8-10,14-15H,2-7,18H2,1H3. The minimum Gasteiger partial charge on any atom is -0.381 e. The zero-order valence-electron chi connectivity index (χ0n) is 11.8. The molecule has 1 aromatic carbocycles. The molecule has 0 aromatic heterocycles. The Kier molecular flexibility index (Phi) is 5.46. The third-order valence-electron chi connectivity index (χ3n) is 3.92. The van der Waals surface area contributed by atoms with E-state index < -0.39 is 11.6 Å². The molecule has 0 aliphatic carbocycles. The number of ether oxygens (including phenoxy) is 1. The first-order valence-electron chi connectivity index (χ1n) is 7.06. The summed E-state index contributed by atoms with van der Waals surface area (Å²) in [5.41, 5.74) is 6.54. The Bertz CT molecular complexity index is 416. The van der Waals surface area contributed by atoms with E-state index >= 15 is 0 Å². The van der Waals surface area contributed by atoms with Crippen molar-refractivity contribution in [3.63, 3.8) is 0 Å². The fraction of sp³-hybridized carbons (Fsp3) is 0.600. The Hall–Kier alpha value is -1.04. The number of benzene rings is 1. The first-order chi connectivity index (χ1) is 9.56. The summed E-state index contributed by atoms with van der Waals surface area (Å²) in [7, 11) is 2.06. The summed E-state index contributed by atoms with van der Waals surface area (Å²) in [5, 5.41) is 0. The first-order valence-corrected chi connectivity index (χ1v) is 7.06. The van der Waals surface area contributed by atoms with E-state index in [4.69, 9.17) is 10.5 Å². The van der Waals surface area contributed by atoms with E-state index in [1.165, 1.54) is 12.1 Å². The fourth-order valence-corrected chi connectivity index (χ4v) is 2.61. The molecule has 0 spiro atoms. The van der Waals surface area contributed by atoms with Crippen LogP contribution >= 0.6 is 0 Å². The molecule has 0 radical (unpaired) electrons. The summed E-state index contributed by atoms with van der Waals surface area (Å²) in [4.78, 5) is 2.26. The van der Waals surface area contributed by atoms with Gasteiger partial charge in [-0.15, -0.1) is 0 Å². The van der Waals surface area contributed by atoms with Gasteiger partial charge < -0.3 is 15.4 Å². The Morgan fingerprint density at radius 3 is 2.45 bits per heavy atom. The summed E-state index contributed by atoms with van der Waals surface area (Å²) in [5.74, 6) is -1.15. The van der Waals surface area contributed by atoms with Crippen molar-refractivity contribution in [1.82, 2.24) is 4.90 Å². The SMILES string of the molecule is CN(CCC(N)c1cc(F)cc(F)c1)C1CCOCC1. The quantitative estimate of drug-likeness (QED) is 0.902. The van der Waals surface area contributed by atoms with E-state index in [9.17, 15) is 8.78 Å². The van der Waals surface area contributed by atoms with Gasteiger partial charge in [0.2, 0.25) is 0 Å². The summed E-state index contributed by atoms with van der Waals surface area (Å²) in [6.45, 7) is 2.41. The van der Waals surface area contributed by atoms with Crippen LogP contribution in [0, 0.1) is 11.6 Å². The van der Waals surface area contributed by atoms with Crippen LogP contribution in [0.4, 0.5) is 8.78 Å². The number of hydrogen-bond acceptors (Lipinski definition) is 3. The van der Waals surface area contributed by atoms with Gasteiger partial charge in [-0.3, -0.25) is 0 Å². The molecule has 1 unspecified atom stereocenters. The highest BCUT2D eigenvalue weighted by molar-refractivity contribution is 5.21. The smallest absolute Gasteiger partial charge is 0.126 e. The topological polar surface area (TPSA) is 38.5 Å². The second-order valence-electron chi connectivity index (χ2n) is 5.42. The molecule has 2 N–H and O–H groups in total. The van der Waals surface area contributed by atoms with Crippen molar-refractivity contribution < 1.29 is 13.5 Å². The first kappa shape index (κ1) is 15.4. The van der Waals surface area contributed by atoms with Crippen molar-refractivity contribution in [1.29, 1.82) is 0 Å². The molecule has 112 valence electrons. The van der Waals surface area contributed by atoms with Crippen molar-refractivity contribution in [3.05, 3.63) is 35.4 Å². The Morgan fingerprint density at radius 1 is 1.25 bits per heavy atom. The predicted molar refractivity (Wildman–Crippen MR) is 74.4 cm³/mol. The summed E-state index contributed by atoms with van der Waals surface area (Å²) in [6, 6.07) is 3.65. The Balaban J connectivity index is 1.86. The van der Waals surface area contributed by atoms with Crippen molar-refractivity contribution >= 4 is 0 Å². The van der Waals surface area contributed by atoms with Gasteiger partial charge in [-0.25, -0.2) is 8.78 Å². The normalized spacial score (nSPS) is 18.4. The average molecular weight is 284 g/mol. The van der Waals surface area contributed by atoms with Gasteiger partial charge in [0.05, 0.1) is 0 Å². The molecule has 1 saturated heterocycles. The molecule has 1 aromatic rings. The molecule has 0 bridgehead atoms. The molecule has 1 heterocycles. The molecule has 1 fully saturated rings. The van der Waals surface area contributed by atoms with Crippen LogP contribution in [-0.4, -0.2) is 37.7 Å². The van der Waals surface area contributed by atoms with Crippen LogP contribution in [-0.2, 0) is 4.74 Å². The highest BCUT2D eigenvalue weighted by Crippen LogP contribution is 2.19. The van der Waals surface area contributed by atoms with Gasteiger partial charge in [0.1, 0.15) is 11.6 Å². The maximum Gasteiger partial charge on any atom is 0.126 e. The largest absolute Gasteiger partial charge is 0.381 e. The van der Waals surface area contributed by atoms with E-state index in [-0.39, 0.29) is 6.04 Å². The minimum atomic E-state index is -0.576. The van der Waals surface area contributed by atoms with E-state index in [0.29, 0.717) is 18.0 Å². The van der Waals surface area contributed by atoms with Crippen LogP contribution in [0.1, 0.15) is 30.9 Å². The number of hydrogen-bond donors (Lipinski definition) is 1. The number of rotatable bonds is 5. The zero-order valence-corrected chi connectivity index (χ0v) is 11.8. The maximum absolute atomic E-state index is 13.2. The molecule has 5 heteroatoms. The van der Waals surface area contributed by atoms with Gasteiger partial charge in [0.15, 0.2) is 0 Å². The van der Waals surface area contributed by atoms with Gasteiger partial charge in [-0.05, 0) is 50.6 Å². The molecule has 20 heavy (non-hydrogen) atoms. The van der Waals surface area contributed by atoms with Crippen molar-refractivity contribution in [2.24, 2.45) is 5.73 Å². The molecule has 0 amide bonds. The lowest BCUT2D eigenvalue weighted by molar-refractivity contribution is 0.0422. The fourth-order valence-electron chi connectivity index (χ4n) is 2.61. The van der Waals surface area contributed by atoms with Crippen LogP contribution in [0.25, 0.3) is 0 Å². The molecule has 1 aliphatic rings. The second kappa shape index (κ2) is 7.11. The Labute approximate surface area is 118 Å². The lowest BCUT2D eigenvalue weighted by Gasteiger charge is -2.31. The number of halogens is 2. The number of nitrogens with two attached hydrogens (primary N) is 1. The molecule has 1 aliphatic heterocycles. The van der Waals surface area contributed by atoms with Crippen molar-refractivity contribution in [3.8, 4) is 0 Å². The van der Waals surface area contributed by atoms with Gasteiger partial charge in [-0.2, -0.15) is 0 Å². The molecular weight excluding hydrogens is 262 g/mol. The van der Waals surface area contributed by atoms with Crippen LogP contribution in [0.15, 0.2) is 18.2 Å². The van der Waals surface area contributed by atoms with Crippen LogP contribution < -0.4 is 5.73 Å². The third-order valence-corrected chi connectivity index (χ3v) is 3.92. The molecule has 0 saturated carbocycles. The van der Waals surface area contributed by atoms with Gasteiger partial charge in [0, 0.05) is 31.4 Å². The van der Waals surface area contributed by atoms with E-state index in [1.807, 2.05) is 0 Å². The van der Waals surface area contributed by atoms with E-state index in [0.717, 1.165) is 38.7 Å². The predicted octanol–water partition coefficient (Wildman–Crippen LogP) is 2.47. The molecular formula is C15H22F2N2O. The molecule has 2 rings (SSSR count). The van der Waals surface area contributed by atoms with Crippen molar-refractivity contribution in [2.75, 3.05) is 26.8 Å². The maximum atomic E-state index is 13.2. The minimum absolute atomic E-state index is 0.345.